The molecule has 2 N–H and O–H groups in total. The Labute approximate surface area is 112 Å². The van der Waals surface area contributed by atoms with Gasteiger partial charge in [-0.2, -0.15) is 5.21 Å². The lowest BCUT2D eigenvalue weighted by Gasteiger charge is -2.05. The first-order valence-corrected chi connectivity index (χ1v) is 5.82. The number of H-pyrrole nitrogens is 1. The van der Waals surface area contributed by atoms with Gasteiger partial charge in [0.2, 0.25) is 0 Å². The first-order chi connectivity index (χ1) is 9.65. The molecule has 3 aromatic heterocycles. The molecule has 0 aliphatic heterocycles. The number of anilines is 1. The molecule has 0 atom stereocenters. The minimum absolute atomic E-state index is 0.0119. The molecule has 0 aromatic carbocycles. The zero-order valence-electron chi connectivity index (χ0n) is 10.5. The smallest absolute Gasteiger partial charge is 0.270 e. The van der Waals surface area contributed by atoms with Crippen LogP contribution in [0.5, 0.6) is 0 Å². The van der Waals surface area contributed by atoms with E-state index in [0.717, 1.165) is 11.1 Å². The van der Waals surface area contributed by atoms with E-state index in [1.165, 1.54) is 10.5 Å². The topological polar surface area (TPSA) is 105 Å². The molecule has 1 amide bonds. The van der Waals surface area contributed by atoms with Gasteiger partial charge in [0.05, 0.1) is 0 Å². The lowest BCUT2D eigenvalue weighted by atomic mass is 10.2. The number of pyridine rings is 2. The normalized spacial score (nSPS) is 10.7. The standard InChI is InChI=1S/C12H10N6O2/c1-7-2-3-8-4-5-9(11(20)18(8)6-7)10(19)13-12-14-16-17-15-12/h2-6H,1H3,(H2,13,14,15,16,17,19). The molecule has 0 unspecified atom stereocenters. The molecule has 0 radical (unpaired) electrons. The van der Waals surface area contributed by atoms with Crippen molar-refractivity contribution in [3.8, 4) is 0 Å². The number of carbonyl (C=O) groups excluding carboxylic acids is 1. The highest BCUT2D eigenvalue weighted by molar-refractivity contribution is 6.03. The Morgan fingerprint density at radius 2 is 2.10 bits per heavy atom. The number of hydrogen-bond donors (Lipinski definition) is 2. The van der Waals surface area contributed by atoms with Gasteiger partial charge in [-0.3, -0.25) is 19.3 Å². The summed E-state index contributed by atoms with van der Waals surface area (Å²) in [7, 11) is 0. The SMILES string of the molecule is Cc1ccc2ccc(C(=O)Nc3nn[nH]n3)c(=O)n2c1. The summed E-state index contributed by atoms with van der Waals surface area (Å²) in [6, 6.07) is 6.89. The van der Waals surface area contributed by atoms with Crippen LogP contribution in [0.15, 0.2) is 35.3 Å². The molecule has 0 spiro atoms. The lowest BCUT2D eigenvalue weighted by Crippen LogP contribution is -2.26. The van der Waals surface area contributed by atoms with Crippen molar-refractivity contribution in [2.45, 2.75) is 6.92 Å². The summed E-state index contributed by atoms with van der Waals surface area (Å²) in [4.78, 5) is 24.3. The zero-order valence-corrected chi connectivity index (χ0v) is 10.5. The number of hydrogen-bond acceptors (Lipinski definition) is 5. The Kier molecular flexibility index (Phi) is 2.75. The maximum Gasteiger partial charge on any atom is 0.270 e. The van der Waals surface area contributed by atoms with Crippen LogP contribution in [0, 0.1) is 6.92 Å². The van der Waals surface area contributed by atoms with Crippen molar-refractivity contribution in [3.63, 3.8) is 0 Å². The maximum absolute atomic E-state index is 12.3. The summed E-state index contributed by atoms with van der Waals surface area (Å²) < 4.78 is 1.43. The summed E-state index contributed by atoms with van der Waals surface area (Å²) in [5, 5.41) is 15.1. The molecule has 3 rings (SSSR count). The van der Waals surface area contributed by atoms with E-state index in [9.17, 15) is 9.59 Å². The number of fused-ring (bicyclic) bond motifs is 1. The van der Waals surface area contributed by atoms with Gasteiger partial charge in [-0.25, -0.2) is 0 Å². The van der Waals surface area contributed by atoms with Gasteiger partial charge in [0.1, 0.15) is 5.56 Å². The van der Waals surface area contributed by atoms with Gasteiger partial charge in [-0.1, -0.05) is 11.2 Å². The second-order valence-electron chi connectivity index (χ2n) is 4.24. The average molecular weight is 270 g/mol. The molecule has 0 aliphatic carbocycles. The van der Waals surface area contributed by atoms with Gasteiger partial charge in [-0.15, -0.1) is 5.10 Å². The minimum atomic E-state index is -0.577. The Bertz CT molecular complexity index is 837. The number of nitrogens with one attached hydrogen (secondary N) is 2. The third-order valence-electron chi connectivity index (χ3n) is 2.81. The molecule has 20 heavy (non-hydrogen) atoms. The Balaban J connectivity index is 2.06. The number of nitrogens with zero attached hydrogens (tertiary/aromatic N) is 4. The van der Waals surface area contributed by atoms with Crippen molar-refractivity contribution in [3.05, 3.63) is 51.9 Å². The molecule has 0 saturated heterocycles. The van der Waals surface area contributed by atoms with E-state index in [0.29, 0.717) is 0 Å². The maximum atomic E-state index is 12.3. The van der Waals surface area contributed by atoms with Crippen LogP contribution in [0.25, 0.3) is 5.52 Å². The summed E-state index contributed by atoms with van der Waals surface area (Å²) in [6.07, 6.45) is 1.68. The largest absolute Gasteiger partial charge is 0.288 e. The molecule has 100 valence electrons. The third-order valence-corrected chi connectivity index (χ3v) is 2.81. The van der Waals surface area contributed by atoms with E-state index in [-0.39, 0.29) is 11.5 Å². The minimum Gasteiger partial charge on any atom is -0.288 e. The van der Waals surface area contributed by atoms with Gasteiger partial charge in [-0.05, 0) is 35.9 Å². The fourth-order valence-corrected chi connectivity index (χ4v) is 1.86. The van der Waals surface area contributed by atoms with Crippen LogP contribution in [0.3, 0.4) is 0 Å². The van der Waals surface area contributed by atoms with Crippen molar-refractivity contribution in [2.24, 2.45) is 0 Å². The van der Waals surface area contributed by atoms with E-state index in [4.69, 9.17) is 0 Å². The summed E-state index contributed by atoms with van der Waals surface area (Å²) in [6.45, 7) is 1.87. The number of carbonyl (C=O) groups is 1. The highest BCUT2D eigenvalue weighted by Crippen LogP contribution is 2.06. The van der Waals surface area contributed by atoms with E-state index in [2.05, 4.69) is 25.9 Å². The van der Waals surface area contributed by atoms with Crippen LogP contribution in [0.4, 0.5) is 5.95 Å². The van der Waals surface area contributed by atoms with Crippen LogP contribution in [-0.4, -0.2) is 30.9 Å². The highest BCUT2D eigenvalue weighted by Gasteiger charge is 2.14. The monoisotopic (exact) mass is 270 g/mol. The predicted octanol–water partition coefficient (Wildman–Crippen LogP) is 0.373. The number of aryl methyl sites for hydroxylation is 1. The number of aromatic amines is 1. The predicted molar refractivity (Wildman–Crippen MR) is 70.5 cm³/mol. The Hall–Kier alpha value is -3.03. The second kappa shape index (κ2) is 4.57. The van der Waals surface area contributed by atoms with Crippen LogP contribution >= 0.6 is 0 Å². The molecule has 0 saturated carbocycles. The molecule has 8 heteroatoms. The first kappa shape index (κ1) is 12.0. The molecule has 3 heterocycles. The summed E-state index contributed by atoms with van der Waals surface area (Å²) in [5.41, 5.74) is 1.26. The number of tetrazole rings is 1. The van der Waals surface area contributed by atoms with Gasteiger partial charge < -0.3 is 0 Å². The quantitative estimate of drug-likeness (QED) is 0.700. The number of rotatable bonds is 2. The van der Waals surface area contributed by atoms with Crippen molar-refractivity contribution >= 4 is 17.4 Å². The fourth-order valence-electron chi connectivity index (χ4n) is 1.86. The fraction of sp³-hybridized carbons (Fsp3) is 0.0833. The van der Waals surface area contributed by atoms with Gasteiger partial charge in [0.15, 0.2) is 0 Å². The molecule has 0 fully saturated rings. The van der Waals surface area contributed by atoms with Crippen molar-refractivity contribution in [1.82, 2.24) is 25.0 Å². The van der Waals surface area contributed by atoms with Crippen molar-refractivity contribution in [1.29, 1.82) is 0 Å². The Morgan fingerprint density at radius 3 is 2.85 bits per heavy atom. The van der Waals surface area contributed by atoms with Crippen molar-refractivity contribution in [2.75, 3.05) is 5.32 Å². The van der Waals surface area contributed by atoms with E-state index in [1.54, 1.807) is 12.3 Å². The van der Waals surface area contributed by atoms with Gasteiger partial charge in [0.25, 0.3) is 17.4 Å². The number of amides is 1. The first-order valence-electron chi connectivity index (χ1n) is 5.82. The second-order valence-corrected chi connectivity index (χ2v) is 4.24. The lowest BCUT2D eigenvalue weighted by molar-refractivity contribution is 0.102. The highest BCUT2D eigenvalue weighted by atomic mass is 16.2. The van der Waals surface area contributed by atoms with E-state index >= 15 is 0 Å². The third kappa shape index (κ3) is 2.03. The van der Waals surface area contributed by atoms with E-state index < -0.39 is 11.5 Å². The van der Waals surface area contributed by atoms with Gasteiger partial charge in [0, 0.05) is 11.7 Å². The molecule has 0 aliphatic rings. The number of aromatic nitrogens is 5. The summed E-state index contributed by atoms with van der Waals surface area (Å²) in [5.74, 6) is -0.559. The Morgan fingerprint density at radius 1 is 1.30 bits per heavy atom. The molecule has 0 bridgehead atoms. The van der Waals surface area contributed by atoms with Crippen LogP contribution in [0.2, 0.25) is 0 Å². The zero-order chi connectivity index (χ0) is 14.1. The molecule has 8 nitrogen and oxygen atoms in total. The van der Waals surface area contributed by atoms with Crippen molar-refractivity contribution < 1.29 is 4.79 Å². The molecule has 3 aromatic rings. The molecular formula is C12H10N6O2. The van der Waals surface area contributed by atoms with E-state index in [1.807, 2.05) is 19.1 Å². The average Bonchev–Trinajstić information content (AvgIpc) is 2.92. The van der Waals surface area contributed by atoms with Crippen LogP contribution in [0.1, 0.15) is 15.9 Å². The summed E-state index contributed by atoms with van der Waals surface area (Å²) >= 11 is 0. The van der Waals surface area contributed by atoms with Crippen LogP contribution < -0.4 is 10.9 Å². The molecular weight excluding hydrogens is 260 g/mol. The van der Waals surface area contributed by atoms with Gasteiger partial charge >= 0.3 is 0 Å². The van der Waals surface area contributed by atoms with Crippen LogP contribution in [-0.2, 0) is 0 Å².